The van der Waals surface area contributed by atoms with Crippen molar-refractivity contribution < 1.29 is 21.6 Å². The Balaban J connectivity index is 2.11. The topological polar surface area (TPSA) is 127 Å². The average molecular weight is 416 g/mol. The molecule has 1 unspecified atom stereocenters. The monoisotopic (exact) mass is 415 g/mol. The van der Waals surface area contributed by atoms with E-state index in [-0.39, 0.29) is 23.9 Å². The van der Waals surface area contributed by atoms with Crippen LogP contribution < -0.4 is 10.5 Å². The Morgan fingerprint density at radius 3 is 2.41 bits per heavy atom. The van der Waals surface area contributed by atoms with E-state index in [0.717, 1.165) is 5.41 Å². The summed E-state index contributed by atoms with van der Waals surface area (Å²) in [6.07, 6.45) is 0.561. The standard InChI is InChI=1S/C17H25N3O5S2/c1-4-26(22,23)19-11-13-9-10-20(12-13)27(24,25)15-7-5-14(6-8-15)17(2,3)16(18)21/h4-8,13,19H,1,9-12H2,2-3H3,(H2,18,21). The first-order chi connectivity index (χ1) is 12.4. The molecule has 0 bridgehead atoms. The van der Waals surface area contributed by atoms with E-state index in [1.165, 1.54) is 16.4 Å². The molecule has 0 spiro atoms. The number of primary amides is 1. The van der Waals surface area contributed by atoms with Gasteiger partial charge in [-0.2, -0.15) is 4.31 Å². The van der Waals surface area contributed by atoms with Gasteiger partial charge in [-0.25, -0.2) is 21.6 Å². The summed E-state index contributed by atoms with van der Waals surface area (Å²) in [6.45, 7) is 7.28. The number of nitrogens with zero attached hydrogens (tertiary/aromatic N) is 1. The van der Waals surface area contributed by atoms with Crippen LogP contribution in [0.2, 0.25) is 0 Å². The summed E-state index contributed by atoms with van der Waals surface area (Å²) >= 11 is 0. The van der Waals surface area contributed by atoms with Crippen molar-refractivity contribution in [3.8, 4) is 0 Å². The van der Waals surface area contributed by atoms with Gasteiger partial charge in [0.1, 0.15) is 0 Å². The molecule has 1 aliphatic heterocycles. The number of nitrogens with one attached hydrogen (secondary N) is 1. The minimum Gasteiger partial charge on any atom is -0.369 e. The van der Waals surface area contributed by atoms with Gasteiger partial charge in [0.25, 0.3) is 0 Å². The Morgan fingerprint density at radius 2 is 1.89 bits per heavy atom. The number of carbonyl (C=O) groups excluding carboxylic acids is 1. The van der Waals surface area contributed by atoms with Crippen molar-refractivity contribution in [3.05, 3.63) is 41.8 Å². The van der Waals surface area contributed by atoms with Crippen LogP contribution in [-0.4, -0.2) is 46.7 Å². The second-order valence-corrected chi connectivity index (χ2v) is 10.7. The van der Waals surface area contributed by atoms with Gasteiger partial charge in [-0.15, -0.1) is 0 Å². The van der Waals surface area contributed by atoms with E-state index in [2.05, 4.69) is 11.3 Å². The summed E-state index contributed by atoms with van der Waals surface area (Å²) in [5.74, 6) is -0.606. The smallest absolute Gasteiger partial charge is 0.243 e. The van der Waals surface area contributed by atoms with Crippen LogP contribution in [0, 0.1) is 5.92 Å². The number of sulfonamides is 2. The van der Waals surface area contributed by atoms with Crippen LogP contribution in [0.15, 0.2) is 41.1 Å². The third-order valence-electron chi connectivity index (χ3n) is 4.87. The molecule has 1 aromatic rings. The fourth-order valence-corrected chi connectivity index (χ4v) is 4.93. The molecule has 0 aromatic heterocycles. The van der Waals surface area contributed by atoms with Gasteiger partial charge < -0.3 is 5.73 Å². The number of amides is 1. The van der Waals surface area contributed by atoms with E-state index in [1.807, 2.05) is 0 Å². The number of carbonyl (C=O) groups is 1. The first kappa shape index (κ1) is 21.5. The van der Waals surface area contributed by atoms with Crippen LogP contribution in [0.5, 0.6) is 0 Å². The van der Waals surface area contributed by atoms with Crippen LogP contribution in [0.1, 0.15) is 25.8 Å². The van der Waals surface area contributed by atoms with E-state index in [9.17, 15) is 21.6 Å². The van der Waals surface area contributed by atoms with Crippen LogP contribution in [-0.2, 0) is 30.3 Å². The van der Waals surface area contributed by atoms with Crippen molar-refractivity contribution in [2.75, 3.05) is 19.6 Å². The number of hydrogen-bond acceptors (Lipinski definition) is 5. The zero-order chi connectivity index (χ0) is 20.5. The molecule has 0 saturated carbocycles. The first-order valence-corrected chi connectivity index (χ1v) is 11.4. The van der Waals surface area contributed by atoms with Crippen molar-refractivity contribution >= 4 is 26.0 Å². The Kier molecular flexibility index (Phi) is 6.15. The summed E-state index contributed by atoms with van der Waals surface area (Å²) in [7, 11) is -7.22. The molecule has 1 aromatic carbocycles. The van der Waals surface area contributed by atoms with Gasteiger partial charge in [0.15, 0.2) is 0 Å². The molecule has 2 rings (SSSR count). The van der Waals surface area contributed by atoms with Gasteiger partial charge in [-0.3, -0.25) is 4.79 Å². The summed E-state index contributed by atoms with van der Waals surface area (Å²) in [6, 6.07) is 6.10. The second-order valence-electron chi connectivity index (χ2n) is 7.09. The Bertz CT molecular complexity index is 922. The number of nitrogens with two attached hydrogens (primary N) is 1. The van der Waals surface area contributed by atoms with E-state index < -0.39 is 31.4 Å². The molecule has 10 heteroatoms. The van der Waals surface area contributed by atoms with Gasteiger partial charge in [0, 0.05) is 25.0 Å². The molecule has 1 saturated heterocycles. The van der Waals surface area contributed by atoms with Gasteiger partial charge in [0.2, 0.25) is 26.0 Å². The van der Waals surface area contributed by atoms with Crippen molar-refractivity contribution in [1.29, 1.82) is 0 Å². The van der Waals surface area contributed by atoms with Gasteiger partial charge >= 0.3 is 0 Å². The Morgan fingerprint density at radius 1 is 1.30 bits per heavy atom. The largest absolute Gasteiger partial charge is 0.369 e. The maximum absolute atomic E-state index is 12.8. The lowest BCUT2D eigenvalue weighted by molar-refractivity contribution is -0.122. The zero-order valence-corrected chi connectivity index (χ0v) is 17.0. The third-order valence-corrected chi connectivity index (χ3v) is 7.76. The van der Waals surface area contributed by atoms with Crippen LogP contribution in [0.25, 0.3) is 0 Å². The minimum atomic E-state index is -3.69. The highest BCUT2D eigenvalue weighted by atomic mass is 32.2. The van der Waals surface area contributed by atoms with E-state index in [0.29, 0.717) is 18.5 Å². The molecule has 150 valence electrons. The van der Waals surface area contributed by atoms with E-state index in [1.54, 1.807) is 26.0 Å². The number of hydrogen-bond donors (Lipinski definition) is 2. The summed E-state index contributed by atoms with van der Waals surface area (Å²) in [4.78, 5) is 11.7. The SMILES string of the molecule is C=CS(=O)(=O)NCC1CCN(S(=O)(=O)c2ccc(C(C)(C)C(N)=O)cc2)C1. The van der Waals surface area contributed by atoms with Crippen molar-refractivity contribution in [2.45, 2.75) is 30.6 Å². The highest BCUT2D eigenvalue weighted by Crippen LogP contribution is 2.27. The first-order valence-electron chi connectivity index (χ1n) is 8.43. The lowest BCUT2D eigenvalue weighted by atomic mass is 9.84. The molecule has 8 nitrogen and oxygen atoms in total. The van der Waals surface area contributed by atoms with Gasteiger partial charge in [-0.05, 0) is 43.9 Å². The molecular formula is C17H25N3O5S2. The molecule has 1 fully saturated rings. The van der Waals surface area contributed by atoms with Crippen LogP contribution in [0.3, 0.4) is 0 Å². The zero-order valence-electron chi connectivity index (χ0n) is 15.4. The predicted octanol–water partition coefficient (Wildman–Crippen LogP) is 0.523. The summed E-state index contributed by atoms with van der Waals surface area (Å²) in [5.41, 5.74) is 5.12. The van der Waals surface area contributed by atoms with E-state index in [4.69, 9.17) is 5.73 Å². The molecule has 0 radical (unpaired) electrons. The van der Waals surface area contributed by atoms with E-state index >= 15 is 0 Å². The Hall–Kier alpha value is -1.75. The number of rotatable bonds is 8. The molecule has 3 N–H and O–H groups in total. The van der Waals surface area contributed by atoms with Crippen molar-refractivity contribution in [3.63, 3.8) is 0 Å². The van der Waals surface area contributed by atoms with Crippen LogP contribution >= 0.6 is 0 Å². The molecule has 1 aliphatic rings. The van der Waals surface area contributed by atoms with Crippen molar-refractivity contribution in [2.24, 2.45) is 11.7 Å². The highest BCUT2D eigenvalue weighted by molar-refractivity contribution is 7.92. The fourth-order valence-electron chi connectivity index (χ4n) is 2.81. The lowest BCUT2D eigenvalue weighted by Crippen LogP contribution is -2.35. The predicted molar refractivity (Wildman–Crippen MR) is 103 cm³/mol. The Labute approximate surface area is 160 Å². The maximum atomic E-state index is 12.8. The molecule has 1 heterocycles. The second kappa shape index (κ2) is 7.70. The van der Waals surface area contributed by atoms with Gasteiger partial charge in [-0.1, -0.05) is 18.7 Å². The number of benzene rings is 1. The fraction of sp³-hybridized carbons (Fsp3) is 0.471. The van der Waals surface area contributed by atoms with Crippen molar-refractivity contribution in [1.82, 2.24) is 9.03 Å². The minimum absolute atomic E-state index is 0.109. The third kappa shape index (κ3) is 4.75. The normalized spacial score (nSPS) is 19.1. The maximum Gasteiger partial charge on any atom is 0.243 e. The van der Waals surface area contributed by atoms with Crippen LogP contribution in [0.4, 0.5) is 0 Å². The molecular weight excluding hydrogens is 390 g/mol. The highest BCUT2D eigenvalue weighted by Gasteiger charge is 2.33. The van der Waals surface area contributed by atoms with Gasteiger partial charge in [0.05, 0.1) is 10.3 Å². The summed E-state index contributed by atoms with van der Waals surface area (Å²) < 4.78 is 52.2. The summed E-state index contributed by atoms with van der Waals surface area (Å²) in [5, 5.41) is 0.825. The molecule has 1 amide bonds. The molecule has 27 heavy (non-hydrogen) atoms. The molecule has 0 aliphatic carbocycles. The molecule has 1 atom stereocenters. The average Bonchev–Trinajstić information content (AvgIpc) is 3.10. The lowest BCUT2D eigenvalue weighted by Gasteiger charge is -2.22. The quantitative estimate of drug-likeness (QED) is 0.640.